The van der Waals surface area contributed by atoms with Gasteiger partial charge < -0.3 is 9.67 Å². The molecule has 0 saturated carbocycles. The van der Waals surface area contributed by atoms with E-state index < -0.39 is 10.0 Å². The highest BCUT2D eigenvalue weighted by Crippen LogP contribution is 2.16. The summed E-state index contributed by atoms with van der Waals surface area (Å²) in [4.78, 5) is 4.22. The normalized spacial score (nSPS) is 13.0. The Morgan fingerprint density at radius 1 is 1.15 bits per heavy atom. The van der Waals surface area contributed by atoms with E-state index in [1.54, 1.807) is 24.7 Å². The predicted octanol–water partition coefficient (Wildman–Crippen LogP) is 3.07. The third-order valence-corrected chi connectivity index (χ3v) is 6.03. The number of imidazole rings is 1. The highest BCUT2D eigenvalue weighted by molar-refractivity contribution is 7.89. The van der Waals surface area contributed by atoms with Gasteiger partial charge in [-0.05, 0) is 55.9 Å². The van der Waals surface area contributed by atoms with Gasteiger partial charge in [-0.1, -0.05) is 18.0 Å². The number of rotatable bonds is 12. The van der Waals surface area contributed by atoms with Crippen LogP contribution in [-0.4, -0.2) is 36.2 Å². The maximum Gasteiger partial charge on any atom is 0.240 e. The minimum atomic E-state index is -3.49. The van der Waals surface area contributed by atoms with Crippen LogP contribution >= 0.6 is 11.6 Å². The summed E-state index contributed by atoms with van der Waals surface area (Å²) in [5, 5.41) is 10.0. The second-order valence-electron chi connectivity index (χ2n) is 6.34. The zero-order valence-electron chi connectivity index (χ0n) is 14.7. The molecule has 2 aromatic rings. The first-order chi connectivity index (χ1) is 12.5. The van der Waals surface area contributed by atoms with Crippen LogP contribution in [0, 0.1) is 5.92 Å². The summed E-state index contributed by atoms with van der Waals surface area (Å²) in [6.45, 7) is 1.45. The van der Waals surface area contributed by atoms with Crippen LogP contribution in [0.2, 0.25) is 5.02 Å². The number of benzene rings is 1. The zero-order chi connectivity index (χ0) is 18.8. The number of aliphatic hydroxyl groups excluding tert-OH is 1. The first-order valence-corrected chi connectivity index (χ1v) is 10.7. The van der Waals surface area contributed by atoms with Crippen LogP contribution in [0.15, 0.2) is 47.9 Å². The second-order valence-corrected chi connectivity index (χ2v) is 8.54. The molecule has 1 heterocycles. The molecule has 8 heteroatoms. The van der Waals surface area contributed by atoms with Gasteiger partial charge in [0.1, 0.15) is 0 Å². The quantitative estimate of drug-likeness (QED) is 0.537. The molecule has 0 aliphatic carbocycles. The van der Waals surface area contributed by atoms with Gasteiger partial charge in [-0.3, -0.25) is 0 Å². The van der Waals surface area contributed by atoms with Gasteiger partial charge in [0.25, 0.3) is 0 Å². The van der Waals surface area contributed by atoms with Gasteiger partial charge in [0, 0.05) is 37.1 Å². The van der Waals surface area contributed by atoms with E-state index >= 15 is 0 Å². The van der Waals surface area contributed by atoms with Gasteiger partial charge in [0.2, 0.25) is 10.0 Å². The minimum absolute atomic E-state index is 0.167. The molecule has 2 N–H and O–H groups in total. The zero-order valence-corrected chi connectivity index (χ0v) is 16.3. The number of sulfonamides is 1. The fraction of sp³-hybridized carbons (Fsp3) is 0.500. The Morgan fingerprint density at radius 2 is 1.88 bits per heavy atom. The van der Waals surface area contributed by atoms with Crippen molar-refractivity contribution in [2.24, 2.45) is 5.92 Å². The molecule has 26 heavy (non-hydrogen) atoms. The largest absolute Gasteiger partial charge is 0.396 e. The fourth-order valence-electron chi connectivity index (χ4n) is 2.77. The van der Waals surface area contributed by atoms with E-state index in [-0.39, 0.29) is 17.4 Å². The average molecular weight is 400 g/mol. The Kier molecular flexibility index (Phi) is 8.58. The Labute approximate surface area is 160 Å². The van der Waals surface area contributed by atoms with Crippen molar-refractivity contribution < 1.29 is 13.5 Å². The minimum Gasteiger partial charge on any atom is -0.396 e. The molecule has 1 atom stereocenters. The number of aryl methyl sites for hydroxylation is 1. The van der Waals surface area contributed by atoms with Crippen LogP contribution in [0.1, 0.15) is 32.1 Å². The number of nitrogens with zero attached hydrogens (tertiary/aromatic N) is 2. The van der Waals surface area contributed by atoms with Crippen molar-refractivity contribution in [1.82, 2.24) is 14.3 Å². The van der Waals surface area contributed by atoms with Gasteiger partial charge in [0.15, 0.2) is 0 Å². The van der Waals surface area contributed by atoms with Gasteiger partial charge >= 0.3 is 0 Å². The van der Waals surface area contributed by atoms with Crippen LogP contribution < -0.4 is 4.72 Å². The molecular formula is C18H26ClN3O3S. The molecule has 6 nitrogen and oxygen atoms in total. The number of aromatic nitrogens is 2. The lowest BCUT2D eigenvalue weighted by molar-refractivity contribution is 0.204. The summed E-state index contributed by atoms with van der Waals surface area (Å²) >= 11 is 5.78. The van der Waals surface area contributed by atoms with E-state index in [9.17, 15) is 13.5 Å². The molecule has 1 unspecified atom stereocenters. The highest BCUT2D eigenvalue weighted by Gasteiger charge is 2.13. The van der Waals surface area contributed by atoms with Crippen molar-refractivity contribution in [2.75, 3.05) is 13.2 Å². The molecule has 0 fully saturated rings. The van der Waals surface area contributed by atoms with Crippen molar-refractivity contribution in [1.29, 1.82) is 0 Å². The number of hydrogen-bond acceptors (Lipinski definition) is 4. The molecule has 0 aliphatic rings. The van der Waals surface area contributed by atoms with E-state index in [1.807, 2.05) is 10.8 Å². The van der Waals surface area contributed by atoms with Gasteiger partial charge in [-0.15, -0.1) is 0 Å². The molecule has 0 bridgehead atoms. The van der Waals surface area contributed by atoms with Gasteiger partial charge in [-0.2, -0.15) is 0 Å². The molecule has 1 aromatic carbocycles. The number of aliphatic hydroxyl groups is 1. The van der Waals surface area contributed by atoms with Crippen molar-refractivity contribution >= 4 is 21.6 Å². The number of unbranched alkanes of at least 4 members (excludes halogenated alkanes) is 1. The maximum absolute atomic E-state index is 12.1. The van der Waals surface area contributed by atoms with E-state index in [0.717, 1.165) is 38.6 Å². The lowest BCUT2D eigenvalue weighted by atomic mass is 9.97. The third kappa shape index (κ3) is 7.07. The summed E-state index contributed by atoms with van der Waals surface area (Å²) in [5.74, 6) is 0.256. The van der Waals surface area contributed by atoms with Crippen molar-refractivity contribution in [2.45, 2.75) is 43.5 Å². The molecule has 0 radical (unpaired) electrons. The van der Waals surface area contributed by atoms with Crippen LogP contribution in [0.5, 0.6) is 0 Å². The first-order valence-electron chi connectivity index (χ1n) is 8.83. The SMILES string of the molecule is O=S(=O)(NCCCCC(CO)CCCn1ccnc1)c1ccc(Cl)cc1. The van der Waals surface area contributed by atoms with Crippen LogP contribution in [0.25, 0.3) is 0 Å². The first kappa shape index (κ1) is 20.9. The van der Waals surface area contributed by atoms with Crippen molar-refractivity contribution in [3.63, 3.8) is 0 Å². The topological polar surface area (TPSA) is 84.2 Å². The lowest BCUT2D eigenvalue weighted by Gasteiger charge is -2.14. The number of nitrogens with one attached hydrogen (secondary N) is 1. The Balaban J connectivity index is 1.62. The Bertz CT molecular complexity index is 734. The molecule has 0 aliphatic heterocycles. The maximum atomic E-state index is 12.1. The molecule has 0 amide bonds. The lowest BCUT2D eigenvalue weighted by Crippen LogP contribution is -2.24. The average Bonchev–Trinajstić information content (AvgIpc) is 3.13. The summed E-state index contributed by atoms with van der Waals surface area (Å²) in [7, 11) is -3.49. The van der Waals surface area contributed by atoms with Crippen LogP contribution in [0.3, 0.4) is 0 Å². The third-order valence-electron chi connectivity index (χ3n) is 4.30. The Hall–Kier alpha value is -1.41. The van der Waals surface area contributed by atoms with Gasteiger partial charge in [-0.25, -0.2) is 18.1 Å². The summed E-state index contributed by atoms with van der Waals surface area (Å²) in [5.41, 5.74) is 0. The Morgan fingerprint density at radius 3 is 2.54 bits per heavy atom. The molecule has 0 saturated heterocycles. The van der Waals surface area contributed by atoms with E-state index in [4.69, 9.17) is 11.6 Å². The molecule has 0 spiro atoms. The molecule has 1 aromatic heterocycles. The molecule has 144 valence electrons. The van der Waals surface area contributed by atoms with E-state index in [0.29, 0.717) is 11.6 Å². The smallest absolute Gasteiger partial charge is 0.240 e. The summed E-state index contributed by atoms with van der Waals surface area (Å²) < 4.78 is 28.9. The predicted molar refractivity (Wildman–Crippen MR) is 103 cm³/mol. The van der Waals surface area contributed by atoms with E-state index in [1.165, 1.54) is 12.1 Å². The summed E-state index contributed by atoms with van der Waals surface area (Å²) in [6, 6.07) is 6.11. The highest BCUT2D eigenvalue weighted by atomic mass is 35.5. The molecular weight excluding hydrogens is 374 g/mol. The number of halogens is 1. The van der Waals surface area contributed by atoms with Crippen molar-refractivity contribution in [3.05, 3.63) is 48.0 Å². The van der Waals surface area contributed by atoms with Crippen LogP contribution in [0.4, 0.5) is 0 Å². The number of hydrogen-bond donors (Lipinski definition) is 2. The molecule has 2 rings (SSSR count). The fourth-order valence-corrected chi connectivity index (χ4v) is 3.97. The van der Waals surface area contributed by atoms with Crippen LogP contribution in [-0.2, 0) is 16.6 Å². The second kappa shape index (κ2) is 10.7. The van der Waals surface area contributed by atoms with Gasteiger partial charge in [0.05, 0.1) is 11.2 Å². The van der Waals surface area contributed by atoms with E-state index in [2.05, 4.69) is 9.71 Å². The standard InChI is InChI=1S/C18H26ClN3O3S/c19-17-6-8-18(9-7-17)26(24,25)21-10-2-1-4-16(14-23)5-3-12-22-13-11-20-15-22/h6-9,11,13,15-16,21,23H,1-5,10,12,14H2. The summed E-state index contributed by atoms with van der Waals surface area (Å²) in [6.07, 6.45) is 9.93. The monoisotopic (exact) mass is 399 g/mol. The van der Waals surface area contributed by atoms with Crippen molar-refractivity contribution in [3.8, 4) is 0 Å².